The normalized spacial score (nSPS) is 13.8. The molecular formula is C15H11N5O4. The fourth-order valence-electron chi connectivity index (χ4n) is 2.41. The molecule has 0 bridgehead atoms. The molecule has 3 aromatic heterocycles. The van der Waals surface area contributed by atoms with Crippen LogP contribution in [0.3, 0.4) is 0 Å². The molecule has 1 aliphatic rings. The van der Waals surface area contributed by atoms with Gasteiger partial charge in [-0.3, -0.25) is 13.9 Å². The Morgan fingerprint density at radius 1 is 1.38 bits per heavy atom. The van der Waals surface area contributed by atoms with Crippen LogP contribution in [-0.4, -0.2) is 19.3 Å². The lowest BCUT2D eigenvalue weighted by molar-refractivity contribution is 0.406. The van der Waals surface area contributed by atoms with Crippen LogP contribution in [0, 0.1) is 11.3 Å². The summed E-state index contributed by atoms with van der Waals surface area (Å²) in [5.41, 5.74) is -1.23. The number of aromatic nitrogens is 4. The van der Waals surface area contributed by atoms with Crippen molar-refractivity contribution < 1.29 is 8.94 Å². The van der Waals surface area contributed by atoms with E-state index in [2.05, 4.69) is 10.1 Å². The van der Waals surface area contributed by atoms with Gasteiger partial charge in [0.2, 0.25) is 0 Å². The summed E-state index contributed by atoms with van der Waals surface area (Å²) >= 11 is 0. The van der Waals surface area contributed by atoms with Crippen LogP contribution >= 0.6 is 0 Å². The van der Waals surface area contributed by atoms with Crippen molar-refractivity contribution in [2.24, 2.45) is 0 Å². The van der Waals surface area contributed by atoms with E-state index in [0.29, 0.717) is 5.76 Å². The highest BCUT2D eigenvalue weighted by atomic mass is 16.5. The Bertz CT molecular complexity index is 1050. The maximum atomic E-state index is 12.5. The lowest BCUT2D eigenvalue weighted by Crippen LogP contribution is -2.41. The largest absolute Gasteiger partial charge is 0.459 e. The van der Waals surface area contributed by atoms with Crippen molar-refractivity contribution in [1.29, 1.82) is 5.26 Å². The highest BCUT2D eigenvalue weighted by molar-refractivity contribution is 5.42. The first-order valence-corrected chi connectivity index (χ1v) is 7.30. The smallest absolute Gasteiger partial charge is 0.331 e. The van der Waals surface area contributed by atoms with Crippen LogP contribution < -0.4 is 11.2 Å². The molecular weight excluding hydrogens is 314 g/mol. The first-order valence-electron chi connectivity index (χ1n) is 7.30. The highest BCUT2D eigenvalue weighted by Crippen LogP contribution is 2.33. The number of hydrogen-bond acceptors (Lipinski definition) is 7. The summed E-state index contributed by atoms with van der Waals surface area (Å²) in [7, 11) is 0. The minimum absolute atomic E-state index is 0.0420. The summed E-state index contributed by atoms with van der Waals surface area (Å²) in [5, 5.41) is 12.9. The summed E-state index contributed by atoms with van der Waals surface area (Å²) in [4.78, 5) is 28.9. The zero-order valence-electron chi connectivity index (χ0n) is 12.4. The number of furan rings is 1. The second-order valence-electron chi connectivity index (χ2n) is 5.46. The molecule has 0 unspecified atom stereocenters. The predicted molar refractivity (Wildman–Crippen MR) is 79.1 cm³/mol. The van der Waals surface area contributed by atoms with Crippen molar-refractivity contribution in [3.63, 3.8) is 0 Å². The van der Waals surface area contributed by atoms with Crippen LogP contribution in [0.4, 0.5) is 0 Å². The standard InChI is InChI=1S/C15H11N5O4/c16-6-9-7-19(10-3-4-10)15(22)20(14(9)21)8-12-17-13(24-18-12)11-2-1-5-23-11/h1-2,5,7,10H,3-4,8H2. The average molecular weight is 325 g/mol. The molecule has 0 N–H and O–H groups in total. The van der Waals surface area contributed by atoms with E-state index in [-0.39, 0.29) is 29.9 Å². The van der Waals surface area contributed by atoms with Gasteiger partial charge in [-0.2, -0.15) is 10.2 Å². The van der Waals surface area contributed by atoms with Crippen LogP contribution in [0.1, 0.15) is 30.3 Å². The van der Waals surface area contributed by atoms with Gasteiger partial charge in [-0.25, -0.2) is 4.79 Å². The molecule has 0 aliphatic heterocycles. The van der Waals surface area contributed by atoms with Crippen LogP contribution in [0.25, 0.3) is 11.7 Å². The Kier molecular flexibility index (Phi) is 3.16. The predicted octanol–water partition coefficient (Wildman–Crippen LogP) is 0.908. The van der Waals surface area contributed by atoms with Crippen LogP contribution in [-0.2, 0) is 6.54 Å². The Balaban J connectivity index is 1.75. The van der Waals surface area contributed by atoms with Gasteiger partial charge < -0.3 is 8.94 Å². The molecule has 1 saturated carbocycles. The molecule has 0 atom stereocenters. The SMILES string of the molecule is N#Cc1cn(C2CC2)c(=O)n(Cc2noc(-c3ccco3)n2)c1=O. The molecule has 0 amide bonds. The van der Waals surface area contributed by atoms with Gasteiger partial charge in [0.1, 0.15) is 11.6 Å². The van der Waals surface area contributed by atoms with E-state index in [1.807, 2.05) is 6.07 Å². The van der Waals surface area contributed by atoms with Gasteiger partial charge in [0, 0.05) is 12.2 Å². The van der Waals surface area contributed by atoms with Gasteiger partial charge in [-0.15, -0.1) is 0 Å². The van der Waals surface area contributed by atoms with E-state index in [1.54, 1.807) is 12.1 Å². The molecule has 0 aromatic carbocycles. The number of rotatable bonds is 4. The zero-order valence-corrected chi connectivity index (χ0v) is 12.4. The second kappa shape index (κ2) is 5.34. The Labute approximate surface area is 134 Å². The van der Waals surface area contributed by atoms with Crippen LogP contribution in [0.15, 0.2) is 43.1 Å². The molecule has 0 radical (unpaired) electrons. The number of nitriles is 1. The quantitative estimate of drug-likeness (QED) is 0.699. The minimum Gasteiger partial charge on any atom is -0.459 e. The fourth-order valence-corrected chi connectivity index (χ4v) is 2.41. The summed E-state index contributed by atoms with van der Waals surface area (Å²) in [6.07, 6.45) is 4.50. The van der Waals surface area contributed by atoms with Gasteiger partial charge in [0.25, 0.3) is 11.4 Å². The lowest BCUT2D eigenvalue weighted by Gasteiger charge is -2.08. The Morgan fingerprint density at radius 2 is 2.21 bits per heavy atom. The maximum Gasteiger partial charge on any atom is 0.331 e. The average Bonchev–Trinajstić information content (AvgIpc) is 3.09. The van der Waals surface area contributed by atoms with Crippen LogP contribution in [0.5, 0.6) is 0 Å². The van der Waals surface area contributed by atoms with Crippen molar-refractivity contribution in [2.45, 2.75) is 25.4 Å². The Morgan fingerprint density at radius 3 is 2.88 bits per heavy atom. The lowest BCUT2D eigenvalue weighted by atomic mass is 10.3. The zero-order chi connectivity index (χ0) is 16.7. The molecule has 3 aromatic rings. The van der Waals surface area contributed by atoms with Gasteiger partial charge in [0.15, 0.2) is 11.6 Å². The highest BCUT2D eigenvalue weighted by Gasteiger charge is 2.27. The molecule has 24 heavy (non-hydrogen) atoms. The minimum atomic E-state index is -0.663. The second-order valence-corrected chi connectivity index (χ2v) is 5.46. The van der Waals surface area contributed by atoms with Crippen molar-refractivity contribution >= 4 is 0 Å². The van der Waals surface area contributed by atoms with E-state index >= 15 is 0 Å². The molecule has 3 heterocycles. The molecule has 0 spiro atoms. The Hall–Kier alpha value is -3.41. The molecule has 4 rings (SSSR count). The summed E-state index contributed by atoms with van der Waals surface area (Å²) in [6, 6.07) is 5.20. The maximum absolute atomic E-state index is 12.5. The van der Waals surface area contributed by atoms with Crippen molar-refractivity contribution in [1.82, 2.24) is 19.3 Å². The molecule has 120 valence electrons. The molecule has 9 nitrogen and oxygen atoms in total. The van der Waals surface area contributed by atoms with Gasteiger partial charge >= 0.3 is 5.69 Å². The van der Waals surface area contributed by atoms with Gasteiger partial charge in [0.05, 0.1) is 12.8 Å². The van der Waals surface area contributed by atoms with Crippen molar-refractivity contribution in [3.05, 3.63) is 56.8 Å². The summed E-state index contributed by atoms with van der Waals surface area (Å²) in [6.45, 7) is -0.176. The third-order valence-electron chi connectivity index (χ3n) is 3.76. The fraction of sp³-hybridized carbons (Fsp3) is 0.267. The summed E-state index contributed by atoms with van der Waals surface area (Å²) in [5.74, 6) is 0.697. The third kappa shape index (κ3) is 2.34. The van der Waals surface area contributed by atoms with E-state index in [1.165, 1.54) is 17.0 Å². The van der Waals surface area contributed by atoms with E-state index in [0.717, 1.165) is 17.4 Å². The van der Waals surface area contributed by atoms with Crippen molar-refractivity contribution in [2.75, 3.05) is 0 Å². The molecule has 1 fully saturated rings. The number of nitrogens with zero attached hydrogens (tertiary/aromatic N) is 5. The van der Waals surface area contributed by atoms with Crippen LogP contribution in [0.2, 0.25) is 0 Å². The van der Waals surface area contributed by atoms with E-state index in [9.17, 15) is 9.59 Å². The van der Waals surface area contributed by atoms with E-state index < -0.39 is 11.2 Å². The van der Waals surface area contributed by atoms with Gasteiger partial charge in [-0.1, -0.05) is 5.16 Å². The molecule has 9 heteroatoms. The first-order chi connectivity index (χ1) is 11.7. The topological polar surface area (TPSA) is 120 Å². The molecule has 0 saturated heterocycles. The molecule has 1 aliphatic carbocycles. The third-order valence-corrected chi connectivity index (χ3v) is 3.76. The first kappa shape index (κ1) is 14.2. The van der Waals surface area contributed by atoms with Gasteiger partial charge in [-0.05, 0) is 25.0 Å². The monoisotopic (exact) mass is 325 g/mol. The van der Waals surface area contributed by atoms with E-state index in [4.69, 9.17) is 14.2 Å². The summed E-state index contributed by atoms with van der Waals surface area (Å²) < 4.78 is 12.6. The van der Waals surface area contributed by atoms with Crippen molar-refractivity contribution in [3.8, 4) is 17.7 Å². The number of hydrogen-bond donors (Lipinski definition) is 0.